The molecule has 2 atom stereocenters. The van der Waals surface area contributed by atoms with E-state index < -0.39 is 28.1 Å². The minimum atomic E-state index is -3.53. The molecule has 0 unspecified atom stereocenters. The highest BCUT2D eigenvalue weighted by Crippen LogP contribution is 2.32. The number of ether oxygens (including phenoxy) is 1. The molecular formula is C33H41N5O7S. The number of aliphatic hydroxyl groups is 1. The van der Waals surface area contributed by atoms with E-state index >= 15 is 0 Å². The Kier molecular flexibility index (Phi) is 12.1. The monoisotopic (exact) mass is 651 g/mol. The van der Waals surface area contributed by atoms with Crippen LogP contribution in [0.15, 0.2) is 73.1 Å². The Morgan fingerprint density at radius 1 is 1.09 bits per heavy atom. The maximum absolute atomic E-state index is 13.8. The number of hydrogen-bond acceptors (Lipinski definition) is 8. The number of amides is 1. The predicted octanol–water partition coefficient (Wildman–Crippen LogP) is 3.19. The lowest BCUT2D eigenvalue weighted by Gasteiger charge is -2.29. The van der Waals surface area contributed by atoms with Gasteiger partial charge >= 0.3 is 0 Å². The summed E-state index contributed by atoms with van der Waals surface area (Å²) in [6, 6.07) is 20.1. The van der Waals surface area contributed by atoms with E-state index in [1.807, 2.05) is 66.1 Å². The zero-order chi connectivity index (χ0) is 33.1. The van der Waals surface area contributed by atoms with E-state index in [0.29, 0.717) is 54.8 Å². The number of benzene rings is 3. The second-order valence-electron chi connectivity index (χ2n) is 10.9. The van der Waals surface area contributed by atoms with Crippen LogP contribution in [0.4, 0.5) is 5.69 Å². The number of nitrogens with zero attached hydrogens (tertiary/aromatic N) is 3. The average molecular weight is 652 g/mol. The summed E-state index contributed by atoms with van der Waals surface area (Å²) in [5, 5.41) is 24.5. The third-order valence-electron chi connectivity index (χ3n) is 7.82. The fraction of sp³-hybridized carbons (Fsp3) is 0.364. The van der Waals surface area contributed by atoms with Crippen molar-refractivity contribution in [2.45, 2.75) is 51.4 Å². The normalized spacial score (nSPS) is 15.3. The molecule has 0 radical (unpaired) electrons. The molecule has 1 aromatic heterocycles. The Labute approximate surface area is 269 Å². The molecule has 1 amide bonds. The fourth-order valence-electron chi connectivity index (χ4n) is 5.47. The largest absolute Gasteiger partial charge is 0.497 e. The number of methoxy groups -OCH3 is 1. The molecule has 0 spiro atoms. The minimum absolute atomic E-state index is 0.0630. The van der Waals surface area contributed by atoms with Crippen molar-refractivity contribution in [2.24, 2.45) is 0 Å². The molecule has 1 fully saturated rings. The van der Waals surface area contributed by atoms with Crippen LogP contribution < -0.4 is 19.7 Å². The Bertz CT molecular complexity index is 1710. The molecule has 13 heteroatoms. The number of fused-ring (bicyclic) bond motifs is 1. The number of sulfonamides is 1. The highest BCUT2D eigenvalue weighted by molar-refractivity contribution is 7.92. The first-order chi connectivity index (χ1) is 22.2. The second-order valence-corrected chi connectivity index (χ2v) is 12.9. The number of hydrogen-bond donors (Lipinski definition) is 4. The van der Waals surface area contributed by atoms with Gasteiger partial charge in [0.25, 0.3) is 12.4 Å². The first-order valence-corrected chi connectivity index (χ1v) is 16.7. The smallest absolute Gasteiger partial charge is 0.290 e. The van der Waals surface area contributed by atoms with Crippen LogP contribution in [-0.4, -0.2) is 78.7 Å². The van der Waals surface area contributed by atoms with Gasteiger partial charge in [0.2, 0.25) is 10.0 Å². The zero-order valence-corrected chi connectivity index (χ0v) is 26.8. The number of carbonyl (C=O) groups is 2. The summed E-state index contributed by atoms with van der Waals surface area (Å²) in [5.74, 6) is 0.425. The fourth-order valence-corrected chi connectivity index (χ4v) is 7.11. The lowest BCUT2D eigenvalue weighted by molar-refractivity contribution is -0.122. The van der Waals surface area contributed by atoms with Crippen molar-refractivity contribution in [1.29, 1.82) is 0 Å². The van der Waals surface area contributed by atoms with Gasteiger partial charge in [-0.2, -0.15) is 0 Å². The standard InChI is InChI=1S/C32H39N5O5S.CH2O2/c1-3-36-22-34-31-28(36)18-25(19-29(31)37-14-7-8-15-43(37,40)41)32(39)35-27(17-23-10-5-4-6-11-23)30(38)21-33-20-24-12-9-13-26(16-24)42-2;2-1-3/h4-6,9-13,16,18-19,22,27,30,33,38H,3,7-8,14-15,17,20-21H2,1-2H3,(H,35,39);1H,(H,2,3)/t27-,30+;/m0./s1. The summed E-state index contributed by atoms with van der Waals surface area (Å²) in [5.41, 5.74) is 3.94. The SMILES string of the molecule is CCn1cnc2c(N3CCCCS3(=O)=O)cc(C(=O)N[C@@H](Cc3ccccc3)[C@H](O)CNCc3cccc(OC)c3)cc21.O=CO. The number of imidazole rings is 1. The number of aliphatic hydroxyl groups excluding tert-OH is 1. The molecule has 4 aromatic rings. The van der Waals surface area contributed by atoms with Crippen LogP contribution in [0, 0.1) is 0 Å². The van der Waals surface area contributed by atoms with Crippen LogP contribution in [-0.2, 0) is 34.3 Å². The summed E-state index contributed by atoms with van der Waals surface area (Å²) >= 11 is 0. The molecule has 5 rings (SSSR count). The molecule has 3 aromatic carbocycles. The van der Waals surface area contributed by atoms with Gasteiger partial charge in [-0.3, -0.25) is 13.9 Å². The van der Waals surface area contributed by atoms with Crippen LogP contribution in [0.2, 0.25) is 0 Å². The molecule has 1 aliphatic heterocycles. The van der Waals surface area contributed by atoms with E-state index in [1.165, 1.54) is 4.31 Å². The van der Waals surface area contributed by atoms with Gasteiger partial charge in [-0.1, -0.05) is 42.5 Å². The maximum Gasteiger partial charge on any atom is 0.290 e. The van der Waals surface area contributed by atoms with Crippen LogP contribution in [0.25, 0.3) is 11.0 Å². The molecule has 2 heterocycles. The first-order valence-electron chi connectivity index (χ1n) is 15.1. The van der Waals surface area contributed by atoms with Gasteiger partial charge in [0, 0.05) is 31.7 Å². The number of carbonyl (C=O) groups excluding carboxylic acids is 1. The molecule has 1 saturated heterocycles. The maximum atomic E-state index is 13.8. The molecule has 46 heavy (non-hydrogen) atoms. The number of aromatic nitrogens is 2. The van der Waals surface area contributed by atoms with E-state index in [2.05, 4.69) is 15.6 Å². The van der Waals surface area contributed by atoms with Crippen molar-refractivity contribution in [3.63, 3.8) is 0 Å². The molecular weight excluding hydrogens is 610 g/mol. The third-order valence-corrected chi connectivity index (χ3v) is 9.68. The van der Waals surface area contributed by atoms with E-state index in [1.54, 1.807) is 25.6 Å². The Morgan fingerprint density at radius 2 is 1.83 bits per heavy atom. The molecule has 4 N–H and O–H groups in total. The molecule has 0 saturated carbocycles. The number of carboxylic acid groups (broad SMARTS) is 1. The predicted molar refractivity (Wildman–Crippen MR) is 177 cm³/mol. The Morgan fingerprint density at radius 3 is 2.52 bits per heavy atom. The number of nitrogens with one attached hydrogen (secondary N) is 2. The van der Waals surface area contributed by atoms with Gasteiger partial charge in [0.05, 0.1) is 42.5 Å². The minimum Gasteiger partial charge on any atom is -0.497 e. The molecule has 246 valence electrons. The van der Waals surface area contributed by atoms with Crippen LogP contribution >= 0.6 is 0 Å². The van der Waals surface area contributed by atoms with Gasteiger partial charge in [-0.05, 0) is 61.6 Å². The van der Waals surface area contributed by atoms with Crippen LogP contribution in [0.5, 0.6) is 5.75 Å². The van der Waals surface area contributed by atoms with E-state index in [-0.39, 0.29) is 18.8 Å². The summed E-state index contributed by atoms with van der Waals surface area (Å²) in [6.07, 6.45) is 2.52. The van der Waals surface area contributed by atoms with Crippen molar-refractivity contribution >= 4 is 39.1 Å². The third kappa shape index (κ3) is 8.62. The Balaban J connectivity index is 0.00000154. The van der Waals surface area contributed by atoms with E-state index in [9.17, 15) is 18.3 Å². The summed E-state index contributed by atoms with van der Waals surface area (Å²) in [7, 11) is -1.91. The highest BCUT2D eigenvalue weighted by Gasteiger charge is 2.30. The van der Waals surface area contributed by atoms with E-state index in [0.717, 1.165) is 23.3 Å². The van der Waals surface area contributed by atoms with Crippen LogP contribution in [0.3, 0.4) is 0 Å². The first kappa shape index (κ1) is 34.4. The van der Waals surface area contributed by atoms with Crippen molar-refractivity contribution in [3.05, 3.63) is 89.7 Å². The van der Waals surface area contributed by atoms with Gasteiger partial charge in [0.1, 0.15) is 11.3 Å². The number of anilines is 1. The topological polar surface area (TPSA) is 163 Å². The lowest BCUT2D eigenvalue weighted by Crippen LogP contribution is -2.48. The average Bonchev–Trinajstić information content (AvgIpc) is 3.48. The number of aryl methyl sites for hydroxylation is 1. The van der Waals surface area contributed by atoms with Gasteiger partial charge in [0.15, 0.2) is 0 Å². The van der Waals surface area contributed by atoms with Gasteiger partial charge in [-0.25, -0.2) is 13.4 Å². The van der Waals surface area contributed by atoms with Crippen molar-refractivity contribution in [3.8, 4) is 5.75 Å². The lowest BCUT2D eigenvalue weighted by atomic mass is 10.00. The summed E-state index contributed by atoms with van der Waals surface area (Å²) in [6.45, 7) is 3.44. The van der Waals surface area contributed by atoms with Crippen LogP contribution in [0.1, 0.15) is 41.3 Å². The highest BCUT2D eigenvalue weighted by atomic mass is 32.2. The second kappa shape index (κ2) is 16.2. The van der Waals surface area contributed by atoms with Crippen molar-refractivity contribution in [2.75, 3.05) is 30.3 Å². The molecule has 12 nitrogen and oxygen atoms in total. The quantitative estimate of drug-likeness (QED) is 0.169. The van der Waals surface area contributed by atoms with Crippen molar-refractivity contribution < 1.29 is 33.0 Å². The van der Waals surface area contributed by atoms with Gasteiger partial charge < -0.3 is 30.2 Å². The molecule has 0 bridgehead atoms. The summed E-state index contributed by atoms with van der Waals surface area (Å²) < 4.78 is 34.7. The summed E-state index contributed by atoms with van der Waals surface area (Å²) in [4.78, 5) is 26.7. The van der Waals surface area contributed by atoms with E-state index in [4.69, 9.17) is 14.6 Å². The molecule has 1 aliphatic rings. The Hall–Kier alpha value is -4.46. The van der Waals surface area contributed by atoms with Crippen molar-refractivity contribution in [1.82, 2.24) is 20.2 Å². The molecule has 0 aliphatic carbocycles. The zero-order valence-electron chi connectivity index (χ0n) is 26.0. The number of rotatable bonds is 12. The van der Waals surface area contributed by atoms with Gasteiger partial charge in [-0.15, -0.1) is 0 Å².